The molecule has 0 aromatic rings. The van der Waals surface area contributed by atoms with E-state index in [4.69, 9.17) is 9.83 Å². The standard InChI is InChI=1S/C15H35N4P/c1-12(2)17-20(18-14(6,7)8)19-15(9,10)11-16-13(3,4)5/h12,16H,11H2,1-10H3,(H,17,18,19). The van der Waals surface area contributed by atoms with Crippen LogP contribution < -0.4 is 10.4 Å². The highest BCUT2D eigenvalue weighted by atomic mass is 31.1. The van der Waals surface area contributed by atoms with Gasteiger partial charge in [-0.2, -0.15) is 0 Å². The van der Waals surface area contributed by atoms with Crippen LogP contribution in [-0.2, 0) is 0 Å². The summed E-state index contributed by atoms with van der Waals surface area (Å²) in [5.74, 6) is 0. The van der Waals surface area contributed by atoms with E-state index in [0.29, 0.717) is 6.04 Å². The lowest BCUT2D eigenvalue weighted by Crippen LogP contribution is -2.44. The highest BCUT2D eigenvalue weighted by Crippen LogP contribution is 2.37. The molecule has 20 heavy (non-hydrogen) atoms. The van der Waals surface area contributed by atoms with Crippen molar-refractivity contribution in [3.05, 3.63) is 5.09 Å². The lowest BCUT2D eigenvalue weighted by Gasteiger charge is -2.28. The minimum atomic E-state index is -0.864. The molecule has 0 radical (unpaired) electrons. The monoisotopic (exact) mass is 302 g/mol. The first-order valence-corrected chi connectivity index (χ1v) is 8.71. The number of hydrogen-bond donors (Lipinski definition) is 2. The summed E-state index contributed by atoms with van der Waals surface area (Å²) < 4.78 is 4.96. The second-order valence-corrected chi connectivity index (χ2v) is 9.61. The van der Waals surface area contributed by atoms with Gasteiger partial charge in [-0.3, -0.25) is 0 Å². The van der Waals surface area contributed by atoms with Gasteiger partial charge in [0.05, 0.1) is 5.54 Å². The van der Waals surface area contributed by atoms with Crippen molar-refractivity contribution in [3.8, 4) is 0 Å². The van der Waals surface area contributed by atoms with E-state index in [0.717, 1.165) is 6.54 Å². The van der Waals surface area contributed by atoms with E-state index < -0.39 is 8.01 Å². The summed E-state index contributed by atoms with van der Waals surface area (Å²) in [5, 5.41) is 11.8. The molecule has 0 aliphatic carbocycles. The zero-order chi connectivity index (χ0) is 16.2. The number of rotatable bonds is 6. The van der Waals surface area contributed by atoms with Gasteiger partial charge in [0, 0.05) is 12.1 Å². The Morgan fingerprint density at radius 2 is 1.45 bits per heavy atom. The minimum absolute atomic E-state index is 0.0289. The van der Waals surface area contributed by atoms with Crippen LogP contribution in [0.25, 0.3) is 5.09 Å². The predicted octanol–water partition coefficient (Wildman–Crippen LogP) is 4.82. The Labute approximate surface area is 127 Å². The maximum absolute atomic E-state index is 4.96. The number of nitrogens with one attached hydrogen (secondary N) is 2. The molecule has 0 aliphatic rings. The zero-order valence-corrected chi connectivity index (χ0v) is 16.0. The zero-order valence-electron chi connectivity index (χ0n) is 15.1. The molecule has 120 valence electrons. The molecule has 1 atom stereocenters. The molecular formula is C15H35N4P. The first-order chi connectivity index (χ1) is 8.70. The molecule has 0 heterocycles. The maximum atomic E-state index is 4.96. The first kappa shape index (κ1) is 20.0. The summed E-state index contributed by atoms with van der Waals surface area (Å²) in [7, 11) is -0.864. The Morgan fingerprint density at radius 3 is 1.80 bits per heavy atom. The number of hydrogen-bond acceptors (Lipinski definition) is 2. The van der Waals surface area contributed by atoms with E-state index in [9.17, 15) is 0 Å². The SMILES string of the molecule is CC(C)[N-][P+](=NC(C)(C)CNC(C)(C)C)NC(C)(C)C. The summed E-state index contributed by atoms with van der Waals surface area (Å²) in [6.45, 7) is 22.4. The van der Waals surface area contributed by atoms with E-state index in [1.54, 1.807) is 0 Å². The van der Waals surface area contributed by atoms with Crippen molar-refractivity contribution in [2.75, 3.05) is 6.54 Å². The molecule has 2 N–H and O–H groups in total. The van der Waals surface area contributed by atoms with E-state index in [1.165, 1.54) is 0 Å². The van der Waals surface area contributed by atoms with Crippen molar-refractivity contribution in [3.63, 3.8) is 0 Å². The van der Waals surface area contributed by atoms with Gasteiger partial charge in [-0.15, -0.1) is 11.1 Å². The third-order valence-corrected chi connectivity index (χ3v) is 4.47. The molecule has 0 bridgehead atoms. The Hall–Kier alpha value is -0.0200. The van der Waals surface area contributed by atoms with Crippen LogP contribution in [0.4, 0.5) is 0 Å². The second kappa shape index (κ2) is 7.31. The smallest absolute Gasteiger partial charge is 0.214 e. The van der Waals surface area contributed by atoms with Crippen LogP contribution >= 0.6 is 8.01 Å². The third-order valence-electron chi connectivity index (χ3n) is 2.19. The molecule has 0 aliphatic heterocycles. The van der Waals surface area contributed by atoms with Gasteiger partial charge in [-0.05, 0) is 55.4 Å². The van der Waals surface area contributed by atoms with E-state index in [-0.39, 0.29) is 16.6 Å². The van der Waals surface area contributed by atoms with Crippen LogP contribution in [0.5, 0.6) is 0 Å². The molecule has 0 saturated carbocycles. The van der Waals surface area contributed by atoms with E-state index in [2.05, 4.69) is 79.6 Å². The summed E-state index contributed by atoms with van der Waals surface area (Å²) in [6.07, 6.45) is 0. The third kappa shape index (κ3) is 11.8. The van der Waals surface area contributed by atoms with Crippen LogP contribution in [0.3, 0.4) is 0 Å². The molecule has 0 rings (SSSR count). The van der Waals surface area contributed by atoms with Gasteiger partial charge in [0.2, 0.25) is 8.01 Å². The van der Waals surface area contributed by atoms with Crippen LogP contribution in [0, 0.1) is 0 Å². The molecule has 1 unspecified atom stereocenters. The molecule has 0 fully saturated rings. The fraction of sp³-hybridized carbons (Fsp3) is 1.00. The van der Waals surface area contributed by atoms with Gasteiger partial charge in [0.1, 0.15) is 5.54 Å². The second-order valence-electron chi connectivity index (χ2n) is 8.38. The molecule has 0 saturated heterocycles. The first-order valence-electron chi connectivity index (χ1n) is 7.47. The average molecular weight is 302 g/mol. The molecule has 0 amide bonds. The van der Waals surface area contributed by atoms with E-state index in [1.807, 2.05) is 0 Å². The molecule has 5 heteroatoms. The number of nitrogens with zero attached hydrogens (tertiary/aromatic N) is 2. The molecule has 0 aromatic carbocycles. The van der Waals surface area contributed by atoms with Gasteiger partial charge >= 0.3 is 0 Å². The maximum Gasteiger partial charge on any atom is 0.214 e. The topological polar surface area (TPSA) is 50.5 Å². The lowest BCUT2D eigenvalue weighted by molar-refractivity contribution is 0.366. The fourth-order valence-electron chi connectivity index (χ4n) is 1.37. The average Bonchev–Trinajstić information content (AvgIpc) is 2.08. The predicted molar refractivity (Wildman–Crippen MR) is 92.6 cm³/mol. The van der Waals surface area contributed by atoms with Gasteiger partial charge < -0.3 is 10.4 Å². The summed E-state index contributed by atoms with van der Waals surface area (Å²) in [6, 6.07) is 0.297. The molecule has 0 spiro atoms. The van der Waals surface area contributed by atoms with Crippen molar-refractivity contribution >= 4 is 8.01 Å². The van der Waals surface area contributed by atoms with Gasteiger partial charge in [0.25, 0.3) is 0 Å². The van der Waals surface area contributed by atoms with Crippen LogP contribution in [0.2, 0.25) is 0 Å². The van der Waals surface area contributed by atoms with Crippen molar-refractivity contribution in [2.24, 2.45) is 4.74 Å². The quantitative estimate of drug-likeness (QED) is 0.691. The lowest BCUT2D eigenvalue weighted by atomic mass is 10.0. The largest absolute Gasteiger partial charge is 0.399 e. The van der Waals surface area contributed by atoms with Crippen molar-refractivity contribution in [2.45, 2.75) is 91.9 Å². The fourth-order valence-corrected chi connectivity index (χ4v) is 3.15. The normalized spacial score (nSPS) is 15.1. The highest BCUT2D eigenvalue weighted by Gasteiger charge is 2.26. The summed E-state index contributed by atoms with van der Waals surface area (Å²) in [4.78, 5) is 0. The Bertz CT molecular complexity index is 322. The Morgan fingerprint density at radius 1 is 0.950 bits per heavy atom. The minimum Gasteiger partial charge on any atom is -0.399 e. The van der Waals surface area contributed by atoms with E-state index >= 15 is 0 Å². The Kier molecular flexibility index (Phi) is 7.30. The van der Waals surface area contributed by atoms with Crippen LogP contribution in [-0.4, -0.2) is 29.2 Å². The molecular weight excluding hydrogens is 267 g/mol. The summed E-state index contributed by atoms with van der Waals surface area (Å²) >= 11 is 0. The Balaban J connectivity index is 4.93. The van der Waals surface area contributed by atoms with Crippen LogP contribution in [0.15, 0.2) is 4.74 Å². The molecule has 0 aromatic heterocycles. The van der Waals surface area contributed by atoms with Crippen LogP contribution in [0.1, 0.15) is 69.2 Å². The van der Waals surface area contributed by atoms with Crippen molar-refractivity contribution in [1.82, 2.24) is 10.4 Å². The van der Waals surface area contributed by atoms with Gasteiger partial charge in [0.15, 0.2) is 0 Å². The summed E-state index contributed by atoms with van der Waals surface area (Å²) in [5.41, 5.74) is 0.0128. The molecule has 4 nitrogen and oxygen atoms in total. The van der Waals surface area contributed by atoms with Gasteiger partial charge in [-0.25, -0.2) is 0 Å². The highest BCUT2D eigenvalue weighted by molar-refractivity contribution is 7.48. The van der Waals surface area contributed by atoms with Crippen molar-refractivity contribution in [1.29, 1.82) is 0 Å². The van der Waals surface area contributed by atoms with Crippen molar-refractivity contribution < 1.29 is 0 Å². The van der Waals surface area contributed by atoms with Gasteiger partial charge in [-0.1, -0.05) is 18.6 Å².